The molecule has 20 heavy (non-hydrogen) atoms. The molecule has 0 fully saturated rings. The lowest BCUT2D eigenvalue weighted by Crippen LogP contribution is -2.27. The van der Waals surface area contributed by atoms with Gasteiger partial charge in [0.25, 0.3) is 5.91 Å². The highest BCUT2D eigenvalue weighted by Crippen LogP contribution is 2.12. The van der Waals surface area contributed by atoms with Crippen molar-refractivity contribution in [2.45, 2.75) is 6.54 Å². The van der Waals surface area contributed by atoms with Gasteiger partial charge in [-0.05, 0) is 18.2 Å². The Kier molecular flexibility index (Phi) is 4.30. The summed E-state index contributed by atoms with van der Waals surface area (Å²) in [5.74, 6) is -0.554. The molecule has 104 valence electrons. The zero-order valence-corrected chi connectivity index (χ0v) is 11.4. The zero-order valence-electron chi connectivity index (χ0n) is 11.4. The van der Waals surface area contributed by atoms with E-state index in [2.05, 4.69) is 10.3 Å². The minimum absolute atomic E-state index is 0.209. The number of hydrogen-bond donors (Lipinski definition) is 1. The monoisotopic (exact) mass is 273 g/mol. The van der Waals surface area contributed by atoms with E-state index in [1.165, 1.54) is 11.0 Å². The summed E-state index contributed by atoms with van der Waals surface area (Å²) < 4.78 is 13.6. The molecule has 1 amide bonds. The number of carbonyl (C=O) groups is 1. The van der Waals surface area contributed by atoms with Gasteiger partial charge < -0.3 is 10.2 Å². The molecule has 0 saturated carbocycles. The van der Waals surface area contributed by atoms with E-state index >= 15 is 0 Å². The van der Waals surface area contributed by atoms with Gasteiger partial charge in [0.1, 0.15) is 11.5 Å². The number of aromatic nitrogens is 1. The molecule has 0 unspecified atom stereocenters. The Labute approximate surface area is 117 Å². The summed E-state index contributed by atoms with van der Waals surface area (Å²) in [6.07, 6.45) is 1.59. The molecule has 0 aliphatic carbocycles. The van der Waals surface area contributed by atoms with Gasteiger partial charge in [0, 0.05) is 26.2 Å². The fraction of sp³-hybridized carbons (Fsp3) is 0.200. The second-order valence-corrected chi connectivity index (χ2v) is 4.43. The number of hydrogen-bond acceptors (Lipinski definition) is 3. The maximum atomic E-state index is 13.6. The quantitative estimate of drug-likeness (QED) is 0.931. The van der Waals surface area contributed by atoms with Crippen LogP contribution in [0.1, 0.15) is 16.1 Å². The van der Waals surface area contributed by atoms with Crippen molar-refractivity contribution in [3.8, 4) is 0 Å². The van der Waals surface area contributed by atoms with Crippen LogP contribution in [-0.2, 0) is 6.54 Å². The number of benzene rings is 1. The Morgan fingerprint density at radius 3 is 2.65 bits per heavy atom. The molecule has 1 aromatic heterocycles. The predicted octanol–water partition coefficient (Wildman–Crippen LogP) is 2.53. The molecule has 5 heteroatoms. The Hall–Kier alpha value is -2.43. The summed E-state index contributed by atoms with van der Waals surface area (Å²) in [4.78, 5) is 17.7. The van der Waals surface area contributed by atoms with Crippen LogP contribution in [-0.4, -0.2) is 29.9 Å². The second kappa shape index (κ2) is 6.14. The van der Waals surface area contributed by atoms with Gasteiger partial charge in [-0.25, -0.2) is 9.37 Å². The average Bonchev–Trinajstić information content (AvgIpc) is 2.49. The van der Waals surface area contributed by atoms with Crippen LogP contribution >= 0.6 is 0 Å². The highest BCUT2D eigenvalue weighted by molar-refractivity contribution is 5.92. The minimum atomic E-state index is -0.314. The molecule has 0 saturated heterocycles. The van der Waals surface area contributed by atoms with Crippen LogP contribution in [0.3, 0.4) is 0 Å². The van der Waals surface area contributed by atoms with Gasteiger partial charge in [0.15, 0.2) is 0 Å². The minimum Gasteiger partial charge on any atom is -0.387 e. The van der Waals surface area contributed by atoms with Crippen LogP contribution in [0.25, 0.3) is 0 Å². The maximum absolute atomic E-state index is 13.6. The van der Waals surface area contributed by atoms with Crippen molar-refractivity contribution in [2.24, 2.45) is 0 Å². The lowest BCUT2D eigenvalue weighted by atomic mass is 10.2. The first kappa shape index (κ1) is 14.0. The average molecular weight is 273 g/mol. The SMILES string of the molecule is CNc1ccc(C(=O)N(C)Cc2ccccc2F)nc1. The summed E-state index contributed by atoms with van der Waals surface area (Å²) in [5.41, 5.74) is 1.65. The molecule has 0 aliphatic heterocycles. The second-order valence-electron chi connectivity index (χ2n) is 4.43. The normalized spacial score (nSPS) is 10.2. The highest BCUT2D eigenvalue weighted by atomic mass is 19.1. The summed E-state index contributed by atoms with van der Waals surface area (Å²) >= 11 is 0. The standard InChI is InChI=1S/C15H16FN3O/c1-17-12-7-8-14(18-9-12)15(20)19(2)10-11-5-3-4-6-13(11)16/h3-9,17H,10H2,1-2H3. The molecular formula is C15H16FN3O. The van der Waals surface area contributed by atoms with E-state index in [4.69, 9.17) is 0 Å². The lowest BCUT2D eigenvalue weighted by molar-refractivity contribution is 0.0778. The number of amides is 1. The number of pyridine rings is 1. The van der Waals surface area contributed by atoms with Gasteiger partial charge in [0.05, 0.1) is 11.9 Å². The Balaban J connectivity index is 2.10. The molecule has 0 aliphatic rings. The molecule has 1 N–H and O–H groups in total. The first-order chi connectivity index (χ1) is 9.61. The Morgan fingerprint density at radius 1 is 1.30 bits per heavy atom. The molecule has 0 spiro atoms. The first-order valence-corrected chi connectivity index (χ1v) is 6.24. The van der Waals surface area contributed by atoms with Crippen LogP contribution in [0.5, 0.6) is 0 Å². The zero-order chi connectivity index (χ0) is 14.5. The number of nitrogens with zero attached hydrogens (tertiary/aromatic N) is 2. The van der Waals surface area contributed by atoms with E-state index in [1.807, 2.05) is 0 Å². The van der Waals surface area contributed by atoms with Crippen molar-refractivity contribution in [1.82, 2.24) is 9.88 Å². The lowest BCUT2D eigenvalue weighted by Gasteiger charge is -2.17. The van der Waals surface area contributed by atoms with Crippen molar-refractivity contribution in [2.75, 3.05) is 19.4 Å². The molecule has 4 nitrogen and oxygen atoms in total. The number of rotatable bonds is 4. The largest absolute Gasteiger partial charge is 0.387 e. The number of carbonyl (C=O) groups excluding carboxylic acids is 1. The van der Waals surface area contributed by atoms with Crippen LogP contribution < -0.4 is 5.32 Å². The van der Waals surface area contributed by atoms with Crippen molar-refractivity contribution in [1.29, 1.82) is 0 Å². The van der Waals surface area contributed by atoms with Crippen molar-refractivity contribution in [3.63, 3.8) is 0 Å². The molecule has 2 aromatic rings. The van der Waals surface area contributed by atoms with E-state index in [0.29, 0.717) is 11.3 Å². The third kappa shape index (κ3) is 3.12. The summed E-state index contributed by atoms with van der Waals surface area (Å²) in [6, 6.07) is 9.84. The Bertz CT molecular complexity index is 598. The number of nitrogens with one attached hydrogen (secondary N) is 1. The van der Waals surface area contributed by atoms with Crippen molar-refractivity contribution in [3.05, 3.63) is 59.7 Å². The smallest absolute Gasteiger partial charge is 0.272 e. The summed E-state index contributed by atoms with van der Waals surface area (Å²) in [7, 11) is 3.41. The fourth-order valence-electron chi connectivity index (χ4n) is 1.82. The molecule has 0 atom stereocenters. The van der Waals surface area contributed by atoms with Gasteiger partial charge in [-0.3, -0.25) is 4.79 Å². The molecule has 1 aromatic carbocycles. The number of anilines is 1. The van der Waals surface area contributed by atoms with Crippen LogP contribution in [0, 0.1) is 5.82 Å². The van der Waals surface area contributed by atoms with Crippen molar-refractivity contribution < 1.29 is 9.18 Å². The molecule has 2 rings (SSSR count). The number of halogens is 1. The van der Waals surface area contributed by atoms with Gasteiger partial charge >= 0.3 is 0 Å². The molecule has 0 bridgehead atoms. The van der Waals surface area contributed by atoms with Gasteiger partial charge in [-0.15, -0.1) is 0 Å². The van der Waals surface area contributed by atoms with Gasteiger partial charge in [-0.2, -0.15) is 0 Å². The van der Waals surface area contributed by atoms with Gasteiger partial charge in [0.2, 0.25) is 0 Å². The van der Waals surface area contributed by atoms with Gasteiger partial charge in [-0.1, -0.05) is 18.2 Å². The first-order valence-electron chi connectivity index (χ1n) is 6.24. The van der Waals surface area contributed by atoms with E-state index < -0.39 is 0 Å². The van der Waals surface area contributed by atoms with Crippen LogP contribution in [0.4, 0.5) is 10.1 Å². The van der Waals surface area contributed by atoms with Crippen LogP contribution in [0.15, 0.2) is 42.6 Å². The fourth-order valence-corrected chi connectivity index (χ4v) is 1.82. The maximum Gasteiger partial charge on any atom is 0.272 e. The third-order valence-corrected chi connectivity index (χ3v) is 2.98. The third-order valence-electron chi connectivity index (χ3n) is 2.98. The summed E-state index contributed by atoms with van der Waals surface area (Å²) in [6.45, 7) is 0.209. The molecule has 1 heterocycles. The van der Waals surface area contributed by atoms with E-state index in [0.717, 1.165) is 5.69 Å². The Morgan fingerprint density at radius 2 is 2.05 bits per heavy atom. The molecular weight excluding hydrogens is 257 g/mol. The van der Waals surface area contributed by atoms with E-state index in [1.54, 1.807) is 50.6 Å². The molecule has 0 radical (unpaired) electrons. The summed E-state index contributed by atoms with van der Waals surface area (Å²) in [5, 5.41) is 2.93. The predicted molar refractivity (Wildman–Crippen MR) is 76.0 cm³/mol. The van der Waals surface area contributed by atoms with Crippen LogP contribution in [0.2, 0.25) is 0 Å². The van der Waals surface area contributed by atoms with E-state index in [-0.39, 0.29) is 18.3 Å². The topological polar surface area (TPSA) is 45.2 Å². The van der Waals surface area contributed by atoms with E-state index in [9.17, 15) is 9.18 Å². The van der Waals surface area contributed by atoms with Crippen molar-refractivity contribution >= 4 is 11.6 Å². The highest BCUT2D eigenvalue weighted by Gasteiger charge is 2.14.